The van der Waals surface area contributed by atoms with E-state index in [9.17, 15) is 14.7 Å². The quantitative estimate of drug-likeness (QED) is 0.465. The number of para-hydroxylation sites is 1. The molecule has 1 amide bonds. The average molecular weight is 318 g/mol. The summed E-state index contributed by atoms with van der Waals surface area (Å²) in [6.07, 6.45) is 1.22. The van der Waals surface area contributed by atoms with Gasteiger partial charge in [0.15, 0.2) is 11.5 Å². The molecular formula is C15H18N4O4. The van der Waals surface area contributed by atoms with Gasteiger partial charge in [-0.3, -0.25) is 14.7 Å². The summed E-state index contributed by atoms with van der Waals surface area (Å²) >= 11 is 0. The molecule has 23 heavy (non-hydrogen) atoms. The van der Waals surface area contributed by atoms with Crippen LogP contribution in [0.5, 0.6) is 11.5 Å². The molecule has 1 heterocycles. The highest BCUT2D eigenvalue weighted by atomic mass is 16.5. The predicted molar refractivity (Wildman–Crippen MR) is 84.9 cm³/mol. The summed E-state index contributed by atoms with van der Waals surface area (Å²) in [7, 11) is 0. The Morgan fingerprint density at radius 3 is 2.87 bits per heavy atom. The molecule has 4 N–H and O–H groups in total. The van der Waals surface area contributed by atoms with Crippen LogP contribution in [0.15, 0.2) is 28.1 Å². The number of H-pyrrole nitrogens is 2. The summed E-state index contributed by atoms with van der Waals surface area (Å²) in [6.45, 7) is 3.93. The molecule has 122 valence electrons. The Morgan fingerprint density at radius 2 is 2.22 bits per heavy atom. The molecule has 1 aromatic carbocycles. The van der Waals surface area contributed by atoms with Gasteiger partial charge in [-0.25, -0.2) is 5.43 Å². The fraction of sp³-hybridized carbons (Fsp3) is 0.267. The first kappa shape index (κ1) is 16.3. The van der Waals surface area contributed by atoms with Crippen molar-refractivity contribution in [3.8, 4) is 11.5 Å². The lowest BCUT2D eigenvalue weighted by molar-refractivity contribution is -0.120. The van der Waals surface area contributed by atoms with Crippen LogP contribution < -0.4 is 15.7 Å². The Kier molecular flexibility index (Phi) is 5.19. The van der Waals surface area contributed by atoms with Gasteiger partial charge in [-0.15, -0.1) is 0 Å². The molecule has 0 aliphatic rings. The van der Waals surface area contributed by atoms with Gasteiger partial charge in [-0.2, -0.15) is 5.10 Å². The first-order valence-corrected chi connectivity index (χ1v) is 7.05. The van der Waals surface area contributed by atoms with Crippen LogP contribution in [0.2, 0.25) is 0 Å². The SMILES string of the molecule is CCOc1cccc(/C=N/NC(=O)Cc2c(C)[nH][nH]c2=O)c1O. The number of hydrogen-bond donors (Lipinski definition) is 4. The number of nitrogens with zero attached hydrogens (tertiary/aromatic N) is 1. The predicted octanol–water partition coefficient (Wildman–Crippen LogP) is 0.809. The number of carbonyl (C=O) groups excluding carboxylic acids is 1. The molecule has 0 spiro atoms. The number of phenolic OH excluding ortho intramolecular Hbond substituents is 1. The van der Waals surface area contributed by atoms with Crippen molar-refractivity contribution in [2.24, 2.45) is 5.10 Å². The first-order chi connectivity index (χ1) is 11.0. The number of hydrogen-bond acceptors (Lipinski definition) is 5. The highest BCUT2D eigenvalue weighted by molar-refractivity contribution is 5.86. The minimum Gasteiger partial charge on any atom is -0.504 e. The molecule has 0 unspecified atom stereocenters. The third-order valence-corrected chi connectivity index (χ3v) is 3.15. The van der Waals surface area contributed by atoms with Gasteiger partial charge in [-0.1, -0.05) is 6.07 Å². The number of aromatic amines is 2. The van der Waals surface area contributed by atoms with Gasteiger partial charge in [0.05, 0.1) is 19.2 Å². The fourth-order valence-electron chi connectivity index (χ4n) is 1.97. The van der Waals surface area contributed by atoms with Crippen molar-refractivity contribution in [1.29, 1.82) is 0 Å². The summed E-state index contributed by atoms with van der Waals surface area (Å²) in [5, 5.41) is 18.8. The molecule has 0 saturated carbocycles. The topological polar surface area (TPSA) is 120 Å². The largest absolute Gasteiger partial charge is 0.504 e. The number of rotatable bonds is 6. The second-order valence-corrected chi connectivity index (χ2v) is 4.78. The lowest BCUT2D eigenvalue weighted by atomic mass is 10.2. The van der Waals surface area contributed by atoms with Crippen LogP contribution >= 0.6 is 0 Å². The van der Waals surface area contributed by atoms with Gasteiger partial charge in [0.25, 0.3) is 5.56 Å². The zero-order valence-electron chi connectivity index (χ0n) is 12.8. The Morgan fingerprint density at radius 1 is 1.43 bits per heavy atom. The Bertz CT molecular complexity index is 776. The van der Waals surface area contributed by atoms with Gasteiger partial charge in [0.2, 0.25) is 5.91 Å². The number of nitrogens with one attached hydrogen (secondary N) is 3. The van der Waals surface area contributed by atoms with Crippen LogP contribution in [0.1, 0.15) is 23.7 Å². The van der Waals surface area contributed by atoms with E-state index in [4.69, 9.17) is 4.74 Å². The van der Waals surface area contributed by atoms with Crippen molar-refractivity contribution in [1.82, 2.24) is 15.6 Å². The van der Waals surface area contributed by atoms with Crippen LogP contribution in [-0.2, 0) is 11.2 Å². The number of aromatic nitrogens is 2. The number of hydrazone groups is 1. The Labute approximate surface area is 132 Å². The molecular weight excluding hydrogens is 300 g/mol. The molecule has 0 fully saturated rings. The summed E-state index contributed by atoms with van der Waals surface area (Å²) in [6, 6.07) is 4.97. The van der Waals surface area contributed by atoms with E-state index in [2.05, 4.69) is 20.7 Å². The number of aromatic hydroxyl groups is 1. The average Bonchev–Trinajstić information content (AvgIpc) is 2.83. The lowest BCUT2D eigenvalue weighted by Crippen LogP contribution is -2.23. The number of phenols is 1. The number of amides is 1. The second-order valence-electron chi connectivity index (χ2n) is 4.78. The molecule has 0 atom stereocenters. The van der Waals surface area contributed by atoms with E-state index in [1.807, 2.05) is 6.92 Å². The molecule has 2 rings (SSSR count). The van der Waals surface area contributed by atoms with Crippen LogP contribution in [0.4, 0.5) is 0 Å². The van der Waals surface area contributed by atoms with E-state index in [1.165, 1.54) is 6.21 Å². The summed E-state index contributed by atoms with van der Waals surface area (Å²) < 4.78 is 5.26. The molecule has 0 saturated heterocycles. The summed E-state index contributed by atoms with van der Waals surface area (Å²) in [5.74, 6) is -0.141. The van der Waals surface area contributed by atoms with E-state index in [-0.39, 0.29) is 17.7 Å². The van der Waals surface area contributed by atoms with Crippen LogP contribution in [0.25, 0.3) is 0 Å². The van der Waals surface area contributed by atoms with Gasteiger partial charge in [0.1, 0.15) is 0 Å². The van der Waals surface area contributed by atoms with Crippen LogP contribution in [0, 0.1) is 6.92 Å². The van der Waals surface area contributed by atoms with E-state index >= 15 is 0 Å². The van der Waals surface area contributed by atoms with Crippen LogP contribution in [0.3, 0.4) is 0 Å². The van der Waals surface area contributed by atoms with E-state index in [0.29, 0.717) is 29.2 Å². The minimum atomic E-state index is -0.435. The van der Waals surface area contributed by atoms with E-state index < -0.39 is 5.91 Å². The van der Waals surface area contributed by atoms with Crippen molar-refractivity contribution in [3.63, 3.8) is 0 Å². The van der Waals surface area contributed by atoms with Gasteiger partial charge in [0, 0.05) is 16.8 Å². The molecule has 1 aromatic heterocycles. The fourth-order valence-corrected chi connectivity index (χ4v) is 1.97. The lowest BCUT2D eigenvalue weighted by Gasteiger charge is -2.07. The number of ether oxygens (including phenoxy) is 1. The first-order valence-electron chi connectivity index (χ1n) is 7.05. The minimum absolute atomic E-state index is 0.0507. The summed E-state index contributed by atoms with van der Waals surface area (Å²) in [5.41, 5.74) is 3.36. The van der Waals surface area contributed by atoms with Crippen molar-refractivity contribution >= 4 is 12.1 Å². The molecule has 0 radical (unpaired) electrons. The monoisotopic (exact) mass is 318 g/mol. The van der Waals surface area contributed by atoms with Crippen molar-refractivity contribution in [2.75, 3.05) is 6.61 Å². The van der Waals surface area contributed by atoms with Gasteiger partial charge < -0.3 is 14.9 Å². The molecule has 0 bridgehead atoms. The zero-order valence-corrected chi connectivity index (χ0v) is 12.8. The Hall–Kier alpha value is -3.03. The number of benzene rings is 1. The van der Waals surface area contributed by atoms with Crippen molar-refractivity contribution < 1.29 is 14.6 Å². The maximum absolute atomic E-state index is 11.8. The smallest absolute Gasteiger partial charge is 0.267 e. The summed E-state index contributed by atoms with van der Waals surface area (Å²) in [4.78, 5) is 23.2. The normalized spacial score (nSPS) is 10.9. The van der Waals surface area contributed by atoms with Gasteiger partial charge >= 0.3 is 0 Å². The third-order valence-electron chi connectivity index (χ3n) is 3.15. The number of aryl methyl sites for hydroxylation is 1. The molecule has 0 aliphatic heterocycles. The van der Waals surface area contributed by atoms with Crippen molar-refractivity contribution in [3.05, 3.63) is 45.4 Å². The maximum atomic E-state index is 11.8. The van der Waals surface area contributed by atoms with E-state index in [0.717, 1.165) is 0 Å². The van der Waals surface area contributed by atoms with E-state index in [1.54, 1.807) is 25.1 Å². The Balaban J connectivity index is 2.00. The zero-order chi connectivity index (χ0) is 16.8. The number of carbonyl (C=O) groups is 1. The van der Waals surface area contributed by atoms with Gasteiger partial charge in [-0.05, 0) is 26.0 Å². The molecule has 8 nitrogen and oxygen atoms in total. The standard InChI is InChI=1S/C15H18N4O4/c1-3-23-12-6-4-5-10(14(12)21)8-16-18-13(20)7-11-9(2)17-19-15(11)22/h4-6,8,21H,3,7H2,1-2H3,(H,18,20)(H2,17,19,22)/b16-8+. The van der Waals surface area contributed by atoms with Crippen molar-refractivity contribution in [2.45, 2.75) is 20.3 Å². The maximum Gasteiger partial charge on any atom is 0.267 e. The highest BCUT2D eigenvalue weighted by Gasteiger charge is 2.11. The third kappa shape index (κ3) is 4.00. The molecule has 0 aliphatic carbocycles. The second kappa shape index (κ2) is 7.30. The highest BCUT2D eigenvalue weighted by Crippen LogP contribution is 2.28. The van der Waals surface area contributed by atoms with Crippen LogP contribution in [-0.4, -0.2) is 34.0 Å². The molecule has 2 aromatic rings. The molecule has 8 heteroatoms.